The molecule has 0 spiro atoms. The van der Waals surface area contributed by atoms with Crippen molar-refractivity contribution >= 4 is 0 Å². The second-order valence-corrected chi connectivity index (χ2v) is 6.00. The molecule has 130 valence electrons. The third-order valence-electron chi connectivity index (χ3n) is 4.27. The van der Waals surface area contributed by atoms with Crippen LogP contribution in [-0.4, -0.2) is 56.2 Å². The number of halogens is 3. The number of benzene rings is 1. The first-order valence-corrected chi connectivity index (χ1v) is 8.06. The summed E-state index contributed by atoms with van der Waals surface area (Å²) in [6, 6.07) is 4.44. The van der Waals surface area contributed by atoms with Crippen LogP contribution in [0.15, 0.2) is 18.2 Å². The average Bonchev–Trinajstić information content (AvgIpc) is 2.53. The summed E-state index contributed by atoms with van der Waals surface area (Å²) in [5.41, 5.74) is 0.959. The second-order valence-electron chi connectivity index (χ2n) is 6.00. The summed E-state index contributed by atoms with van der Waals surface area (Å²) in [6.07, 6.45) is -3.67. The zero-order chi connectivity index (χ0) is 16.9. The molecule has 23 heavy (non-hydrogen) atoms. The topological polar surface area (TPSA) is 15.7 Å². The van der Waals surface area contributed by atoms with E-state index in [0.717, 1.165) is 43.9 Å². The van der Waals surface area contributed by atoms with Crippen LogP contribution in [0.1, 0.15) is 23.6 Å². The molecule has 1 heterocycles. The van der Waals surface area contributed by atoms with Crippen LogP contribution >= 0.6 is 0 Å². The van der Waals surface area contributed by atoms with E-state index < -0.39 is 11.7 Å². The molecule has 0 saturated carbocycles. The van der Waals surface area contributed by atoms with E-state index in [2.05, 4.69) is 9.80 Å². The van der Waals surface area contributed by atoms with Crippen molar-refractivity contribution in [2.45, 2.75) is 26.1 Å². The normalized spacial score (nSPS) is 17.6. The smallest absolute Gasteiger partial charge is 0.383 e. The van der Waals surface area contributed by atoms with Crippen LogP contribution in [0.4, 0.5) is 13.2 Å². The highest BCUT2D eigenvalue weighted by Crippen LogP contribution is 2.31. The van der Waals surface area contributed by atoms with Crippen molar-refractivity contribution in [3.8, 4) is 0 Å². The lowest BCUT2D eigenvalue weighted by molar-refractivity contribution is -0.137. The Morgan fingerprint density at radius 1 is 1.00 bits per heavy atom. The Morgan fingerprint density at radius 3 is 2.17 bits per heavy atom. The fourth-order valence-corrected chi connectivity index (χ4v) is 2.87. The Balaban J connectivity index is 1.98. The van der Waals surface area contributed by atoms with Gasteiger partial charge in [-0.3, -0.25) is 9.80 Å². The molecule has 1 aliphatic heterocycles. The van der Waals surface area contributed by atoms with E-state index in [9.17, 15) is 13.2 Å². The lowest BCUT2D eigenvalue weighted by atomic mass is 10.0. The fraction of sp³-hybridized carbons (Fsp3) is 0.647. The van der Waals surface area contributed by atoms with Crippen molar-refractivity contribution in [1.29, 1.82) is 0 Å². The molecule has 0 radical (unpaired) electrons. The van der Waals surface area contributed by atoms with Gasteiger partial charge in [-0.15, -0.1) is 0 Å². The maximum Gasteiger partial charge on any atom is 0.416 e. The summed E-state index contributed by atoms with van der Waals surface area (Å²) in [5.74, 6) is 0. The molecule has 0 aromatic heterocycles. The van der Waals surface area contributed by atoms with Gasteiger partial charge in [0.2, 0.25) is 0 Å². The highest BCUT2D eigenvalue weighted by molar-refractivity contribution is 5.32. The largest absolute Gasteiger partial charge is 0.416 e. The predicted molar refractivity (Wildman–Crippen MR) is 84.4 cm³/mol. The first kappa shape index (κ1) is 18.2. The number of nitrogens with zero attached hydrogens (tertiary/aromatic N) is 2. The summed E-state index contributed by atoms with van der Waals surface area (Å²) in [5, 5.41) is 0. The molecular formula is C17H25F3N2O. The lowest BCUT2D eigenvalue weighted by Crippen LogP contribution is -2.46. The van der Waals surface area contributed by atoms with Gasteiger partial charge in [-0.1, -0.05) is 13.0 Å². The second kappa shape index (κ2) is 8.13. The Kier molecular flexibility index (Phi) is 6.44. The van der Waals surface area contributed by atoms with Crippen LogP contribution in [0.5, 0.6) is 0 Å². The van der Waals surface area contributed by atoms with Crippen LogP contribution in [-0.2, 0) is 23.9 Å². The van der Waals surface area contributed by atoms with Gasteiger partial charge in [0.1, 0.15) is 0 Å². The molecule has 1 fully saturated rings. The van der Waals surface area contributed by atoms with Gasteiger partial charge >= 0.3 is 6.18 Å². The van der Waals surface area contributed by atoms with E-state index in [1.807, 2.05) is 13.0 Å². The molecule has 0 atom stereocenters. The van der Waals surface area contributed by atoms with Gasteiger partial charge in [0.05, 0.1) is 12.2 Å². The highest BCUT2D eigenvalue weighted by Gasteiger charge is 2.31. The van der Waals surface area contributed by atoms with E-state index in [1.54, 1.807) is 7.11 Å². The maximum atomic E-state index is 13.0. The van der Waals surface area contributed by atoms with Crippen molar-refractivity contribution in [2.75, 3.05) is 46.4 Å². The Labute approximate surface area is 136 Å². The molecule has 0 unspecified atom stereocenters. The summed E-state index contributed by atoms with van der Waals surface area (Å²) in [4.78, 5) is 4.54. The summed E-state index contributed by atoms with van der Waals surface area (Å²) in [7, 11) is 1.69. The van der Waals surface area contributed by atoms with Gasteiger partial charge in [0.15, 0.2) is 0 Å². The molecular weight excluding hydrogens is 305 g/mol. The molecule has 3 nitrogen and oxygen atoms in total. The van der Waals surface area contributed by atoms with Gasteiger partial charge in [-0.25, -0.2) is 0 Å². The maximum absolute atomic E-state index is 13.0. The minimum absolute atomic E-state index is 0.536. The van der Waals surface area contributed by atoms with E-state index in [1.165, 1.54) is 12.1 Å². The number of hydrogen-bond acceptors (Lipinski definition) is 3. The average molecular weight is 330 g/mol. The number of ether oxygens (including phenoxy) is 1. The van der Waals surface area contributed by atoms with E-state index in [-0.39, 0.29) is 0 Å². The van der Waals surface area contributed by atoms with Crippen LogP contribution < -0.4 is 0 Å². The van der Waals surface area contributed by atoms with Gasteiger partial charge in [0.25, 0.3) is 0 Å². The van der Waals surface area contributed by atoms with Crippen molar-refractivity contribution in [3.63, 3.8) is 0 Å². The van der Waals surface area contributed by atoms with Gasteiger partial charge in [0, 0.05) is 46.4 Å². The van der Waals surface area contributed by atoms with Gasteiger partial charge in [-0.2, -0.15) is 13.2 Å². The minimum atomic E-state index is -4.28. The standard InChI is InChI=1S/C17H25F3N2O/c1-3-14-10-15(12-16(11-14)17(18,19)20)13-22-6-4-21(5-7-22)8-9-23-2/h10-12H,3-9,13H2,1-2H3. The Hall–Kier alpha value is -1.11. The third-order valence-corrected chi connectivity index (χ3v) is 4.27. The van der Waals surface area contributed by atoms with E-state index in [4.69, 9.17) is 4.74 Å². The number of methoxy groups -OCH3 is 1. The zero-order valence-corrected chi connectivity index (χ0v) is 13.8. The van der Waals surface area contributed by atoms with Crippen LogP contribution in [0.3, 0.4) is 0 Å². The number of rotatable bonds is 6. The number of hydrogen-bond donors (Lipinski definition) is 0. The summed E-state index contributed by atoms with van der Waals surface area (Å²) >= 11 is 0. The Bertz CT molecular complexity index is 497. The van der Waals surface area contributed by atoms with Crippen molar-refractivity contribution in [2.24, 2.45) is 0 Å². The molecule has 0 bridgehead atoms. The van der Waals surface area contributed by atoms with Crippen molar-refractivity contribution < 1.29 is 17.9 Å². The molecule has 1 aliphatic rings. The molecule has 1 aromatic carbocycles. The summed E-state index contributed by atoms with van der Waals surface area (Å²) < 4.78 is 44.1. The van der Waals surface area contributed by atoms with Crippen molar-refractivity contribution in [3.05, 3.63) is 34.9 Å². The quantitative estimate of drug-likeness (QED) is 0.797. The zero-order valence-electron chi connectivity index (χ0n) is 13.8. The predicted octanol–water partition coefficient (Wildman–Crippen LogP) is 3.03. The monoisotopic (exact) mass is 330 g/mol. The van der Waals surface area contributed by atoms with Gasteiger partial charge < -0.3 is 4.74 Å². The Morgan fingerprint density at radius 2 is 1.61 bits per heavy atom. The highest BCUT2D eigenvalue weighted by atomic mass is 19.4. The first-order valence-electron chi connectivity index (χ1n) is 8.06. The fourth-order valence-electron chi connectivity index (χ4n) is 2.87. The SMILES string of the molecule is CCc1cc(CN2CCN(CCOC)CC2)cc(C(F)(F)F)c1. The number of alkyl halides is 3. The van der Waals surface area contributed by atoms with Crippen LogP contribution in [0.25, 0.3) is 0 Å². The molecule has 1 aromatic rings. The molecule has 1 saturated heterocycles. The molecule has 6 heteroatoms. The number of piperazine rings is 1. The van der Waals surface area contributed by atoms with Crippen LogP contribution in [0.2, 0.25) is 0 Å². The summed E-state index contributed by atoms with van der Waals surface area (Å²) in [6.45, 7) is 7.71. The molecule has 0 aliphatic carbocycles. The minimum Gasteiger partial charge on any atom is -0.383 e. The third kappa shape index (κ3) is 5.48. The molecule has 0 N–H and O–H groups in total. The molecule has 2 rings (SSSR count). The molecule has 0 amide bonds. The van der Waals surface area contributed by atoms with E-state index in [0.29, 0.717) is 19.6 Å². The first-order chi connectivity index (χ1) is 10.9. The van der Waals surface area contributed by atoms with Crippen molar-refractivity contribution in [1.82, 2.24) is 9.80 Å². The van der Waals surface area contributed by atoms with Crippen LogP contribution in [0, 0.1) is 0 Å². The van der Waals surface area contributed by atoms with E-state index >= 15 is 0 Å². The lowest BCUT2D eigenvalue weighted by Gasteiger charge is -2.34. The van der Waals surface area contributed by atoms with Gasteiger partial charge in [-0.05, 0) is 29.7 Å². The number of aryl methyl sites for hydroxylation is 1.